The van der Waals surface area contributed by atoms with Gasteiger partial charge < -0.3 is 20.3 Å². The molecule has 2 atom stereocenters. The Bertz CT molecular complexity index is 821. The van der Waals surface area contributed by atoms with Gasteiger partial charge in [0.1, 0.15) is 11.5 Å². The van der Waals surface area contributed by atoms with Crippen LogP contribution in [-0.4, -0.2) is 17.3 Å². The van der Waals surface area contributed by atoms with Gasteiger partial charge in [0.15, 0.2) is 0 Å². The zero-order valence-electron chi connectivity index (χ0n) is 14.7. The number of methoxy groups -OCH3 is 1. The van der Waals surface area contributed by atoms with Gasteiger partial charge in [-0.15, -0.1) is 0 Å². The van der Waals surface area contributed by atoms with E-state index >= 15 is 0 Å². The molecule has 4 heteroatoms. The van der Waals surface area contributed by atoms with Gasteiger partial charge in [-0.3, -0.25) is 0 Å². The molecule has 0 unspecified atom stereocenters. The van der Waals surface area contributed by atoms with Crippen molar-refractivity contribution in [2.24, 2.45) is 0 Å². The molecule has 0 saturated carbocycles. The first-order valence-corrected chi connectivity index (χ1v) is 8.56. The van der Waals surface area contributed by atoms with Gasteiger partial charge in [-0.2, -0.15) is 0 Å². The number of phenolic OH excluding ortho intramolecular Hbond substituents is 1. The van der Waals surface area contributed by atoms with Crippen LogP contribution in [0, 0.1) is 0 Å². The molecule has 26 heavy (non-hydrogen) atoms. The van der Waals surface area contributed by atoms with Crippen molar-refractivity contribution in [3.8, 4) is 11.5 Å². The summed E-state index contributed by atoms with van der Waals surface area (Å²) in [5.41, 5.74) is 2.53. The number of hydrogen-bond acceptors (Lipinski definition) is 4. The average Bonchev–Trinajstić information content (AvgIpc) is 2.70. The molecular weight excluding hydrogens is 326 g/mol. The molecule has 3 N–H and O–H groups in total. The molecule has 0 radical (unpaired) electrons. The van der Waals surface area contributed by atoms with E-state index in [9.17, 15) is 10.2 Å². The highest BCUT2D eigenvalue weighted by Gasteiger charge is 2.22. The molecule has 3 rings (SSSR count). The fourth-order valence-corrected chi connectivity index (χ4v) is 2.97. The maximum atomic E-state index is 10.9. The maximum absolute atomic E-state index is 10.9. The van der Waals surface area contributed by atoms with E-state index in [1.54, 1.807) is 25.3 Å². The van der Waals surface area contributed by atoms with Gasteiger partial charge in [0.2, 0.25) is 0 Å². The van der Waals surface area contributed by atoms with E-state index in [1.807, 2.05) is 60.7 Å². The van der Waals surface area contributed by atoms with Crippen molar-refractivity contribution in [2.75, 3.05) is 7.11 Å². The number of aromatic hydroxyl groups is 1. The van der Waals surface area contributed by atoms with Crippen molar-refractivity contribution < 1.29 is 14.9 Å². The summed E-state index contributed by atoms with van der Waals surface area (Å²) in [5.74, 6) is 0.874. The highest BCUT2D eigenvalue weighted by Crippen LogP contribution is 2.30. The highest BCUT2D eigenvalue weighted by atomic mass is 16.5. The third-order valence-corrected chi connectivity index (χ3v) is 4.41. The quantitative estimate of drug-likeness (QED) is 0.604. The summed E-state index contributed by atoms with van der Waals surface area (Å²) in [5, 5.41) is 24.4. The third kappa shape index (κ3) is 4.23. The molecule has 0 saturated heterocycles. The molecule has 0 aliphatic carbocycles. The molecule has 4 nitrogen and oxygen atoms in total. The smallest absolute Gasteiger partial charge is 0.120 e. The molecule has 0 aliphatic heterocycles. The van der Waals surface area contributed by atoms with Crippen molar-refractivity contribution in [1.29, 1.82) is 0 Å². The Kier molecular flexibility index (Phi) is 5.89. The highest BCUT2D eigenvalue weighted by molar-refractivity contribution is 5.39. The molecule has 0 amide bonds. The van der Waals surface area contributed by atoms with Gasteiger partial charge >= 0.3 is 0 Å². The topological polar surface area (TPSA) is 61.7 Å². The van der Waals surface area contributed by atoms with Crippen LogP contribution in [-0.2, 0) is 6.54 Å². The van der Waals surface area contributed by atoms with E-state index in [4.69, 9.17) is 4.74 Å². The summed E-state index contributed by atoms with van der Waals surface area (Å²) in [6.45, 7) is 0.395. The van der Waals surface area contributed by atoms with Crippen LogP contribution in [0.1, 0.15) is 28.8 Å². The summed E-state index contributed by atoms with van der Waals surface area (Å²) in [6, 6.07) is 24.2. The van der Waals surface area contributed by atoms with Crippen LogP contribution in [0.2, 0.25) is 0 Å². The van der Waals surface area contributed by atoms with E-state index in [0.717, 1.165) is 11.1 Å². The number of benzene rings is 3. The number of hydrogen-bond donors (Lipinski definition) is 3. The fourth-order valence-electron chi connectivity index (χ4n) is 2.97. The van der Waals surface area contributed by atoms with Crippen molar-refractivity contribution in [2.45, 2.75) is 18.7 Å². The number of aliphatic hydroxyl groups is 1. The molecule has 0 fully saturated rings. The van der Waals surface area contributed by atoms with Crippen molar-refractivity contribution in [1.82, 2.24) is 5.32 Å². The Hall–Kier alpha value is -2.82. The molecule has 0 aromatic heterocycles. The number of nitrogens with one attached hydrogen (secondary N) is 1. The minimum absolute atomic E-state index is 0.194. The Morgan fingerprint density at radius 2 is 1.50 bits per heavy atom. The SMILES string of the molecule is COc1ccc(O)c(CN[C@@H](c2ccccc2)[C@H](O)c2ccccc2)c1. The summed E-state index contributed by atoms with van der Waals surface area (Å²) in [7, 11) is 1.59. The lowest BCUT2D eigenvalue weighted by molar-refractivity contribution is 0.127. The predicted octanol–water partition coefficient (Wildman–Crippen LogP) is 3.97. The number of rotatable bonds is 7. The third-order valence-electron chi connectivity index (χ3n) is 4.41. The molecule has 0 aliphatic rings. The predicted molar refractivity (Wildman–Crippen MR) is 102 cm³/mol. The van der Waals surface area contributed by atoms with Crippen LogP contribution in [0.15, 0.2) is 78.9 Å². The first-order valence-electron chi connectivity index (χ1n) is 8.56. The van der Waals surface area contributed by atoms with E-state index in [2.05, 4.69) is 5.32 Å². The molecular formula is C22H23NO3. The molecule has 3 aromatic rings. The van der Waals surface area contributed by atoms with Crippen LogP contribution in [0.5, 0.6) is 11.5 Å². The van der Waals surface area contributed by atoms with Crippen LogP contribution < -0.4 is 10.1 Å². The zero-order valence-corrected chi connectivity index (χ0v) is 14.7. The molecule has 134 valence electrons. The van der Waals surface area contributed by atoms with Gasteiger partial charge in [0.25, 0.3) is 0 Å². The second-order valence-electron chi connectivity index (χ2n) is 6.12. The number of ether oxygens (including phenoxy) is 1. The lowest BCUT2D eigenvalue weighted by Gasteiger charge is -2.25. The standard InChI is InChI=1S/C22H23NO3/c1-26-19-12-13-20(24)18(14-19)15-23-21(16-8-4-2-5-9-16)22(25)17-10-6-3-7-11-17/h2-14,21-25H,15H2,1H3/t21-,22+/m0/s1. The molecule has 0 heterocycles. The van der Waals surface area contributed by atoms with Gasteiger partial charge in [-0.05, 0) is 29.3 Å². The largest absolute Gasteiger partial charge is 0.508 e. The number of aliphatic hydroxyl groups excluding tert-OH is 1. The zero-order chi connectivity index (χ0) is 18.4. The minimum atomic E-state index is -0.716. The van der Waals surface area contributed by atoms with Gasteiger partial charge in [0.05, 0.1) is 19.3 Å². The van der Waals surface area contributed by atoms with Crippen molar-refractivity contribution in [3.05, 3.63) is 95.6 Å². The van der Waals surface area contributed by atoms with Gasteiger partial charge in [-0.25, -0.2) is 0 Å². The van der Waals surface area contributed by atoms with Crippen LogP contribution in [0.4, 0.5) is 0 Å². The van der Waals surface area contributed by atoms with Crippen molar-refractivity contribution >= 4 is 0 Å². The lowest BCUT2D eigenvalue weighted by atomic mass is 9.95. The first-order chi connectivity index (χ1) is 12.7. The van der Waals surface area contributed by atoms with E-state index < -0.39 is 6.10 Å². The summed E-state index contributed by atoms with van der Waals surface area (Å²) >= 11 is 0. The monoisotopic (exact) mass is 349 g/mol. The van der Waals surface area contributed by atoms with Crippen LogP contribution >= 0.6 is 0 Å². The minimum Gasteiger partial charge on any atom is -0.508 e. The normalized spacial score (nSPS) is 13.2. The number of phenols is 1. The summed E-state index contributed by atoms with van der Waals surface area (Å²) < 4.78 is 5.23. The molecule has 0 bridgehead atoms. The Morgan fingerprint density at radius 3 is 2.12 bits per heavy atom. The van der Waals surface area contributed by atoms with E-state index in [0.29, 0.717) is 17.9 Å². The summed E-state index contributed by atoms with van der Waals surface area (Å²) in [4.78, 5) is 0. The Morgan fingerprint density at radius 1 is 0.885 bits per heavy atom. The second kappa shape index (κ2) is 8.52. The lowest BCUT2D eigenvalue weighted by Crippen LogP contribution is -2.27. The van der Waals surface area contributed by atoms with E-state index in [1.165, 1.54) is 0 Å². The first kappa shape index (κ1) is 18.0. The van der Waals surface area contributed by atoms with E-state index in [-0.39, 0.29) is 11.8 Å². The molecule has 0 spiro atoms. The van der Waals surface area contributed by atoms with Gasteiger partial charge in [0, 0.05) is 12.1 Å². The van der Waals surface area contributed by atoms with Crippen LogP contribution in [0.25, 0.3) is 0 Å². The Balaban J connectivity index is 1.85. The maximum Gasteiger partial charge on any atom is 0.120 e. The average molecular weight is 349 g/mol. The second-order valence-corrected chi connectivity index (χ2v) is 6.12. The fraction of sp³-hybridized carbons (Fsp3) is 0.182. The molecule has 3 aromatic carbocycles. The summed E-state index contributed by atoms with van der Waals surface area (Å²) in [6.07, 6.45) is -0.716. The van der Waals surface area contributed by atoms with Crippen LogP contribution in [0.3, 0.4) is 0 Å². The van der Waals surface area contributed by atoms with Gasteiger partial charge in [-0.1, -0.05) is 60.7 Å². The van der Waals surface area contributed by atoms with Crippen molar-refractivity contribution in [3.63, 3.8) is 0 Å². The Labute approximate surface area is 153 Å².